The molecule has 156 valence electrons. The fourth-order valence-corrected chi connectivity index (χ4v) is 3.41. The highest BCUT2D eigenvalue weighted by Crippen LogP contribution is 2.37. The number of rotatable bonds is 11. The first-order valence-corrected chi connectivity index (χ1v) is 9.92. The van der Waals surface area contributed by atoms with Crippen LogP contribution in [0.2, 0.25) is 10.0 Å². The van der Waals surface area contributed by atoms with E-state index in [-0.39, 0.29) is 19.0 Å². The average molecular weight is 516 g/mol. The lowest BCUT2D eigenvalue weighted by molar-refractivity contribution is 0.0938. The normalized spacial score (nSPS) is 10.5. The Kier molecular flexibility index (Phi) is 12.2. The second kappa shape index (κ2) is 13.5. The largest absolute Gasteiger partial charge is 0.493 e. The molecule has 28 heavy (non-hydrogen) atoms. The maximum Gasteiger partial charge on any atom is 0.175 e. The van der Waals surface area contributed by atoms with E-state index in [0.29, 0.717) is 54.5 Å². The van der Waals surface area contributed by atoms with Gasteiger partial charge >= 0.3 is 0 Å². The van der Waals surface area contributed by atoms with E-state index in [4.69, 9.17) is 42.5 Å². The topological polar surface area (TPSA) is 60.0 Å². The van der Waals surface area contributed by atoms with Crippen LogP contribution in [0.4, 0.5) is 0 Å². The molecule has 0 aliphatic heterocycles. The van der Waals surface area contributed by atoms with Crippen LogP contribution in [-0.2, 0) is 17.9 Å². The average Bonchev–Trinajstić information content (AvgIpc) is 2.64. The van der Waals surface area contributed by atoms with Crippen LogP contribution in [-0.4, -0.2) is 38.6 Å². The molecule has 0 bridgehead atoms. The van der Waals surface area contributed by atoms with Crippen molar-refractivity contribution in [2.24, 2.45) is 0 Å². The van der Waals surface area contributed by atoms with E-state index in [2.05, 4.69) is 21.2 Å². The Balaban J connectivity index is 0.00000392. The molecule has 0 heterocycles. The summed E-state index contributed by atoms with van der Waals surface area (Å²) in [4.78, 5) is 0. The monoisotopic (exact) mass is 513 g/mol. The van der Waals surface area contributed by atoms with Gasteiger partial charge in [0.2, 0.25) is 0 Å². The maximum absolute atomic E-state index is 8.67. The first-order chi connectivity index (χ1) is 13.0. The third kappa shape index (κ3) is 7.95. The van der Waals surface area contributed by atoms with Crippen molar-refractivity contribution in [1.29, 1.82) is 0 Å². The Hall–Kier alpha value is -0.730. The van der Waals surface area contributed by atoms with Crippen LogP contribution >= 0.6 is 51.5 Å². The van der Waals surface area contributed by atoms with Gasteiger partial charge in [-0.3, -0.25) is 0 Å². The first-order valence-electron chi connectivity index (χ1n) is 8.37. The highest BCUT2D eigenvalue weighted by Gasteiger charge is 2.13. The van der Waals surface area contributed by atoms with Crippen molar-refractivity contribution in [3.8, 4) is 11.5 Å². The molecule has 2 rings (SSSR count). The minimum atomic E-state index is 0. The smallest absolute Gasteiger partial charge is 0.175 e. The lowest BCUT2D eigenvalue weighted by atomic mass is 10.2. The van der Waals surface area contributed by atoms with E-state index in [1.165, 1.54) is 0 Å². The van der Waals surface area contributed by atoms with Gasteiger partial charge in [0.05, 0.1) is 31.4 Å². The van der Waals surface area contributed by atoms with Gasteiger partial charge in [0.15, 0.2) is 11.5 Å². The highest BCUT2D eigenvalue weighted by atomic mass is 79.9. The maximum atomic E-state index is 8.67. The summed E-state index contributed by atoms with van der Waals surface area (Å²) in [5.41, 5.74) is 1.88. The van der Waals surface area contributed by atoms with Crippen LogP contribution in [0.5, 0.6) is 11.5 Å². The molecule has 0 amide bonds. The Bertz CT molecular complexity index is 749. The summed E-state index contributed by atoms with van der Waals surface area (Å²) in [5, 5.41) is 13.1. The van der Waals surface area contributed by atoms with Crippen molar-refractivity contribution in [2.45, 2.75) is 13.2 Å². The van der Waals surface area contributed by atoms with Gasteiger partial charge in [0, 0.05) is 28.7 Å². The Morgan fingerprint density at radius 2 is 1.93 bits per heavy atom. The van der Waals surface area contributed by atoms with Crippen molar-refractivity contribution in [3.05, 3.63) is 56.0 Å². The van der Waals surface area contributed by atoms with Gasteiger partial charge in [-0.05, 0) is 45.8 Å². The first kappa shape index (κ1) is 25.3. The van der Waals surface area contributed by atoms with Gasteiger partial charge in [0.1, 0.15) is 6.61 Å². The van der Waals surface area contributed by atoms with Gasteiger partial charge in [0.25, 0.3) is 0 Å². The summed E-state index contributed by atoms with van der Waals surface area (Å²) in [6.07, 6.45) is 0. The summed E-state index contributed by atoms with van der Waals surface area (Å²) in [5.74, 6) is 1.24. The fraction of sp³-hybridized carbons (Fsp3) is 0.368. The third-order valence-corrected chi connectivity index (χ3v) is 4.84. The van der Waals surface area contributed by atoms with Crippen molar-refractivity contribution in [2.75, 3.05) is 33.5 Å². The zero-order valence-corrected chi connectivity index (χ0v) is 19.3. The van der Waals surface area contributed by atoms with E-state index in [0.717, 1.165) is 15.6 Å². The van der Waals surface area contributed by atoms with E-state index in [1.54, 1.807) is 19.2 Å². The Morgan fingerprint density at radius 3 is 2.61 bits per heavy atom. The Labute approximate surface area is 189 Å². The van der Waals surface area contributed by atoms with Crippen LogP contribution in [0, 0.1) is 0 Å². The molecular weight excluding hydrogens is 492 g/mol. The number of hydrogen-bond donors (Lipinski definition) is 2. The minimum absolute atomic E-state index is 0. The standard InChI is InChI=1S/C19H22BrCl2NO4.ClH/c1-25-18-9-13(11-23-4-6-26-7-5-24)8-16(20)19(18)27-12-14-2-3-15(21)10-17(14)22;/h2-3,8-10,23-24H,4-7,11-12H2,1H3;1H. The van der Waals surface area contributed by atoms with E-state index >= 15 is 0 Å². The molecule has 0 fully saturated rings. The molecule has 0 saturated heterocycles. The van der Waals surface area contributed by atoms with Gasteiger partial charge in [-0.1, -0.05) is 29.3 Å². The van der Waals surface area contributed by atoms with Crippen LogP contribution in [0.3, 0.4) is 0 Å². The number of aliphatic hydroxyl groups is 1. The molecule has 2 aromatic carbocycles. The second-order valence-corrected chi connectivity index (χ2v) is 7.34. The summed E-state index contributed by atoms with van der Waals surface area (Å²) < 4.78 is 17.4. The molecule has 0 spiro atoms. The van der Waals surface area contributed by atoms with E-state index in [1.807, 2.05) is 18.2 Å². The summed E-state index contributed by atoms with van der Waals surface area (Å²) >= 11 is 15.7. The number of ether oxygens (including phenoxy) is 3. The fourth-order valence-electron chi connectivity index (χ4n) is 2.35. The van der Waals surface area contributed by atoms with Crippen molar-refractivity contribution < 1.29 is 19.3 Å². The Morgan fingerprint density at radius 1 is 1.14 bits per heavy atom. The SMILES string of the molecule is COc1cc(CNCCOCCO)cc(Br)c1OCc1ccc(Cl)cc1Cl.Cl. The van der Waals surface area contributed by atoms with Crippen LogP contribution in [0.15, 0.2) is 34.8 Å². The summed E-state index contributed by atoms with van der Waals surface area (Å²) in [6, 6.07) is 9.20. The second-order valence-electron chi connectivity index (χ2n) is 5.65. The zero-order valence-electron chi connectivity index (χ0n) is 15.3. The van der Waals surface area contributed by atoms with Gasteiger partial charge in [-0.25, -0.2) is 0 Å². The minimum Gasteiger partial charge on any atom is -0.493 e. The predicted molar refractivity (Wildman–Crippen MR) is 118 cm³/mol. The molecule has 0 unspecified atom stereocenters. The molecular formula is C19H23BrCl3NO4. The number of benzene rings is 2. The summed E-state index contributed by atoms with van der Waals surface area (Å²) in [6.45, 7) is 2.57. The lowest BCUT2D eigenvalue weighted by Crippen LogP contribution is -2.20. The number of aliphatic hydroxyl groups excluding tert-OH is 1. The van der Waals surface area contributed by atoms with Crippen LogP contribution < -0.4 is 14.8 Å². The molecule has 0 aromatic heterocycles. The van der Waals surface area contributed by atoms with Crippen LogP contribution in [0.1, 0.15) is 11.1 Å². The molecule has 0 saturated carbocycles. The molecule has 2 N–H and O–H groups in total. The quantitative estimate of drug-likeness (QED) is 0.419. The number of nitrogens with one attached hydrogen (secondary N) is 1. The molecule has 0 aliphatic rings. The molecule has 0 aliphatic carbocycles. The molecule has 0 atom stereocenters. The van der Waals surface area contributed by atoms with E-state index < -0.39 is 0 Å². The number of hydrogen-bond acceptors (Lipinski definition) is 5. The van der Waals surface area contributed by atoms with Gasteiger partial charge in [-0.15, -0.1) is 12.4 Å². The van der Waals surface area contributed by atoms with Gasteiger partial charge < -0.3 is 24.6 Å². The van der Waals surface area contributed by atoms with Crippen molar-refractivity contribution in [1.82, 2.24) is 5.32 Å². The molecule has 0 radical (unpaired) electrons. The number of methoxy groups -OCH3 is 1. The number of halogens is 4. The van der Waals surface area contributed by atoms with E-state index in [9.17, 15) is 0 Å². The highest BCUT2D eigenvalue weighted by molar-refractivity contribution is 9.10. The van der Waals surface area contributed by atoms with Crippen molar-refractivity contribution >= 4 is 51.5 Å². The molecule has 2 aromatic rings. The summed E-state index contributed by atoms with van der Waals surface area (Å²) in [7, 11) is 1.60. The lowest BCUT2D eigenvalue weighted by Gasteiger charge is -2.15. The van der Waals surface area contributed by atoms with Gasteiger partial charge in [-0.2, -0.15) is 0 Å². The zero-order chi connectivity index (χ0) is 19.6. The van der Waals surface area contributed by atoms with Crippen molar-refractivity contribution in [3.63, 3.8) is 0 Å². The predicted octanol–water partition coefficient (Wildman–Crippen LogP) is 4.86. The third-order valence-electron chi connectivity index (χ3n) is 3.66. The molecule has 9 heteroatoms. The molecule has 5 nitrogen and oxygen atoms in total. The van der Waals surface area contributed by atoms with Crippen LogP contribution in [0.25, 0.3) is 0 Å².